The number of benzene rings is 1. The van der Waals surface area contributed by atoms with Crippen molar-refractivity contribution in [3.8, 4) is 0 Å². The van der Waals surface area contributed by atoms with Gasteiger partial charge in [-0.25, -0.2) is 0 Å². The average molecular weight is 315 g/mol. The molecule has 0 fully saturated rings. The topological polar surface area (TPSA) is 55.1 Å². The second-order valence-electron chi connectivity index (χ2n) is 4.62. The highest BCUT2D eigenvalue weighted by molar-refractivity contribution is 7.99. The van der Waals surface area contributed by atoms with E-state index < -0.39 is 0 Å². The molecular weight excluding hydrogens is 292 g/mol. The van der Waals surface area contributed by atoms with Gasteiger partial charge in [0, 0.05) is 22.5 Å². The van der Waals surface area contributed by atoms with E-state index in [1.54, 1.807) is 17.8 Å². The summed E-state index contributed by atoms with van der Waals surface area (Å²) < 4.78 is 0. The quantitative estimate of drug-likeness (QED) is 0.719. The minimum Gasteiger partial charge on any atom is -0.348 e. The minimum atomic E-state index is -0.0880. The van der Waals surface area contributed by atoms with Crippen LogP contribution in [0.1, 0.15) is 43.5 Å². The number of unbranched alkanes of at least 4 members (excludes halogenated alkanes) is 1. The number of carbonyl (C=O) groups excluding carboxylic acids is 1. The van der Waals surface area contributed by atoms with Gasteiger partial charge in [-0.3, -0.25) is 4.79 Å². The van der Waals surface area contributed by atoms with E-state index in [2.05, 4.69) is 19.2 Å². The fourth-order valence-corrected chi connectivity index (χ4v) is 2.88. The van der Waals surface area contributed by atoms with Gasteiger partial charge in [0.15, 0.2) is 0 Å². The van der Waals surface area contributed by atoms with Crippen molar-refractivity contribution in [3.63, 3.8) is 0 Å². The highest BCUT2D eigenvalue weighted by atomic mass is 35.5. The number of thioether (sulfide) groups is 1. The molecule has 0 spiro atoms. The van der Waals surface area contributed by atoms with Crippen LogP contribution in [-0.2, 0) is 0 Å². The Hall–Kier alpha value is -0.710. The first-order valence-corrected chi connectivity index (χ1v) is 8.42. The molecule has 0 saturated carbocycles. The van der Waals surface area contributed by atoms with Crippen LogP contribution in [0.3, 0.4) is 0 Å². The average Bonchev–Trinajstić information content (AvgIpc) is 2.45. The van der Waals surface area contributed by atoms with Crippen LogP contribution < -0.4 is 11.1 Å². The van der Waals surface area contributed by atoms with Crippen LogP contribution in [0.5, 0.6) is 0 Å². The van der Waals surface area contributed by atoms with Crippen LogP contribution in [0.25, 0.3) is 0 Å². The van der Waals surface area contributed by atoms with Gasteiger partial charge < -0.3 is 11.1 Å². The SMILES string of the molecule is CCCCC(CN)NC(=O)c1cc(Cl)ccc1SCC. The zero-order chi connectivity index (χ0) is 15.0. The van der Waals surface area contributed by atoms with Gasteiger partial charge in [-0.05, 0) is 30.4 Å². The third kappa shape index (κ3) is 5.35. The van der Waals surface area contributed by atoms with E-state index in [0.29, 0.717) is 17.1 Å². The molecule has 1 atom stereocenters. The number of nitrogens with one attached hydrogen (secondary N) is 1. The lowest BCUT2D eigenvalue weighted by molar-refractivity contribution is 0.0933. The van der Waals surface area contributed by atoms with E-state index in [1.165, 1.54) is 0 Å². The summed E-state index contributed by atoms with van der Waals surface area (Å²) in [5.41, 5.74) is 6.36. The Balaban J connectivity index is 2.81. The van der Waals surface area contributed by atoms with Crippen LogP contribution in [-0.4, -0.2) is 24.2 Å². The van der Waals surface area contributed by atoms with Gasteiger partial charge >= 0.3 is 0 Å². The van der Waals surface area contributed by atoms with E-state index in [4.69, 9.17) is 17.3 Å². The number of halogens is 1. The van der Waals surface area contributed by atoms with E-state index in [0.717, 1.165) is 29.9 Å². The van der Waals surface area contributed by atoms with Crippen molar-refractivity contribution >= 4 is 29.3 Å². The van der Waals surface area contributed by atoms with Crippen LogP contribution in [0.4, 0.5) is 0 Å². The second kappa shape index (κ2) is 9.27. The Kier molecular flexibility index (Phi) is 8.04. The first-order chi connectivity index (χ1) is 9.62. The standard InChI is InChI=1S/C15H23ClN2OS/c1-3-5-6-12(10-17)18-15(19)13-9-11(16)7-8-14(13)20-4-2/h7-9,12H,3-6,10,17H2,1-2H3,(H,18,19). The van der Waals surface area contributed by atoms with Crippen LogP contribution in [0, 0.1) is 0 Å². The van der Waals surface area contributed by atoms with Crippen LogP contribution in [0.2, 0.25) is 5.02 Å². The maximum Gasteiger partial charge on any atom is 0.252 e. The van der Waals surface area contributed by atoms with Crippen molar-refractivity contribution in [1.29, 1.82) is 0 Å². The molecule has 1 aromatic carbocycles. The van der Waals surface area contributed by atoms with Gasteiger partial charge in [0.05, 0.1) is 5.56 Å². The van der Waals surface area contributed by atoms with Gasteiger partial charge in [0.1, 0.15) is 0 Å². The van der Waals surface area contributed by atoms with E-state index >= 15 is 0 Å². The molecule has 1 unspecified atom stereocenters. The molecule has 0 aliphatic heterocycles. The molecule has 0 saturated heterocycles. The number of rotatable bonds is 8. The normalized spacial score (nSPS) is 12.2. The first kappa shape index (κ1) is 17.3. The smallest absolute Gasteiger partial charge is 0.252 e. The maximum atomic E-state index is 12.4. The fraction of sp³-hybridized carbons (Fsp3) is 0.533. The lowest BCUT2D eigenvalue weighted by Gasteiger charge is -2.17. The molecule has 3 N–H and O–H groups in total. The Bertz CT molecular complexity index is 440. The molecule has 3 nitrogen and oxygen atoms in total. The third-order valence-corrected chi connectivity index (χ3v) is 4.20. The molecular formula is C15H23ClN2OS. The van der Waals surface area contributed by atoms with E-state index in [9.17, 15) is 4.79 Å². The molecule has 1 rings (SSSR count). The molecule has 0 bridgehead atoms. The summed E-state index contributed by atoms with van der Waals surface area (Å²) >= 11 is 7.64. The van der Waals surface area contributed by atoms with Gasteiger partial charge in [-0.2, -0.15) is 0 Å². The highest BCUT2D eigenvalue weighted by Gasteiger charge is 2.16. The lowest BCUT2D eigenvalue weighted by atomic mass is 10.1. The van der Waals surface area contributed by atoms with Crippen LogP contribution >= 0.6 is 23.4 Å². The van der Waals surface area contributed by atoms with Crippen molar-refractivity contribution < 1.29 is 4.79 Å². The minimum absolute atomic E-state index is 0.0286. The molecule has 1 amide bonds. The molecule has 0 radical (unpaired) electrons. The van der Waals surface area contributed by atoms with Gasteiger partial charge in [0.2, 0.25) is 0 Å². The van der Waals surface area contributed by atoms with Crippen molar-refractivity contribution in [2.24, 2.45) is 5.73 Å². The molecule has 0 aliphatic rings. The lowest BCUT2D eigenvalue weighted by Crippen LogP contribution is -2.40. The monoisotopic (exact) mass is 314 g/mol. The van der Waals surface area contributed by atoms with E-state index in [1.807, 2.05) is 12.1 Å². The number of hydrogen-bond donors (Lipinski definition) is 2. The Morgan fingerprint density at radius 2 is 2.20 bits per heavy atom. The molecule has 0 aliphatic carbocycles. The second-order valence-corrected chi connectivity index (χ2v) is 6.36. The first-order valence-electron chi connectivity index (χ1n) is 7.05. The summed E-state index contributed by atoms with van der Waals surface area (Å²) in [4.78, 5) is 13.3. The summed E-state index contributed by atoms with van der Waals surface area (Å²) in [6, 6.07) is 5.46. The largest absolute Gasteiger partial charge is 0.348 e. The molecule has 20 heavy (non-hydrogen) atoms. The summed E-state index contributed by atoms with van der Waals surface area (Å²) in [5.74, 6) is 0.827. The van der Waals surface area contributed by atoms with E-state index in [-0.39, 0.29) is 11.9 Å². The Labute approximate surface area is 130 Å². The molecule has 0 heterocycles. The summed E-state index contributed by atoms with van der Waals surface area (Å²) in [6.45, 7) is 4.65. The van der Waals surface area contributed by atoms with Gasteiger partial charge in [-0.15, -0.1) is 11.8 Å². The molecule has 112 valence electrons. The predicted octanol–water partition coefficient (Wildman–Crippen LogP) is 3.70. The Morgan fingerprint density at radius 3 is 2.80 bits per heavy atom. The third-order valence-electron chi connectivity index (χ3n) is 3.01. The van der Waals surface area contributed by atoms with Crippen molar-refractivity contribution in [2.45, 2.75) is 44.0 Å². The molecule has 0 aromatic heterocycles. The number of carbonyl (C=O) groups is 1. The predicted molar refractivity (Wildman–Crippen MR) is 87.7 cm³/mol. The number of nitrogens with two attached hydrogens (primary N) is 1. The molecule has 1 aromatic rings. The summed E-state index contributed by atoms with van der Waals surface area (Å²) in [7, 11) is 0. The zero-order valence-electron chi connectivity index (χ0n) is 12.1. The zero-order valence-corrected chi connectivity index (χ0v) is 13.7. The molecule has 5 heteroatoms. The van der Waals surface area contributed by atoms with Gasteiger partial charge in [0.25, 0.3) is 5.91 Å². The van der Waals surface area contributed by atoms with Crippen molar-refractivity contribution in [2.75, 3.05) is 12.3 Å². The van der Waals surface area contributed by atoms with Crippen molar-refractivity contribution in [1.82, 2.24) is 5.32 Å². The Morgan fingerprint density at radius 1 is 1.45 bits per heavy atom. The highest BCUT2D eigenvalue weighted by Crippen LogP contribution is 2.25. The van der Waals surface area contributed by atoms with Gasteiger partial charge in [-0.1, -0.05) is 38.3 Å². The van der Waals surface area contributed by atoms with Crippen LogP contribution in [0.15, 0.2) is 23.1 Å². The maximum absolute atomic E-state index is 12.4. The summed E-state index contributed by atoms with van der Waals surface area (Å²) in [6.07, 6.45) is 3.07. The van der Waals surface area contributed by atoms with Crippen molar-refractivity contribution in [3.05, 3.63) is 28.8 Å². The number of amides is 1. The summed E-state index contributed by atoms with van der Waals surface area (Å²) in [5, 5.41) is 3.59. The fourth-order valence-electron chi connectivity index (χ4n) is 1.92. The number of hydrogen-bond acceptors (Lipinski definition) is 3.